The third kappa shape index (κ3) is 3.37. The predicted octanol–water partition coefficient (Wildman–Crippen LogP) is 2.70. The first kappa shape index (κ1) is 16.0. The van der Waals surface area contributed by atoms with Crippen molar-refractivity contribution in [3.8, 4) is 0 Å². The van der Waals surface area contributed by atoms with Crippen LogP contribution in [0.5, 0.6) is 0 Å². The van der Waals surface area contributed by atoms with Gasteiger partial charge >= 0.3 is 12.0 Å². The van der Waals surface area contributed by atoms with Crippen LogP contribution >= 0.6 is 0 Å². The van der Waals surface area contributed by atoms with Crippen molar-refractivity contribution in [2.45, 2.75) is 13.0 Å². The summed E-state index contributed by atoms with van der Waals surface area (Å²) in [6.07, 6.45) is 2.71. The standard InChI is InChI=1S/C18H19N3O3/c1-24-17(22)15-8-6-14(7-9-15)13-21(16-5-2-3-10-19-16)18(23)20-11-4-12-20/h2-3,5-10H,4,11-13H2,1H3. The summed E-state index contributed by atoms with van der Waals surface area (Å²) in [6, 6.07) is 12.5. The van der Waals surface area contributed by atoms with E-state index in [1.807, 2.05) is 30.3 Å². The number of anilines is 1. The molecule has 0 radical (unpaired) electrons. The molecule has 1 aliphatic heterocycles. The molecular formula is C18H19N3O3. The van der Waals surface area contributed by atoms with Crippen molar-refractivity contribution in [1.82, 2.24) is 9.88 Å². The van der Waals surface area contributed by atoms with Crippen molar-refractivity contribution < 1.29 is 14.3 Å². The summed E-state index contributed by atoms with van der Waals surface area (Å²) in [5.74, 6) is 0.242. The van der Waals surface area contributed by atoms with Gasteiger partial charge in [-0.1, -0.05) is 18.2 Å². The normalized spacial score (nSPS) is 13.1. The number of rotatable bonds is 4. The van der Waals surface area contributed by atoms with Gasteiger partial charge in [0, 0.05) is 19.3 Å². The first-order valence-corrected chi connectivity index (χ1v) is 7.84. The van der Waals surface area contributed by atoms with Crippen LogP contribution in [-0.4, -0.2) is 42.1 Å². The van der Waals surface area contributed by atoms with Gasteiger partial charge in [-0.25, -0.2) is 14.6 Å². The molecule has 0 spiro atoms. The third-order valence-corrected chi connectivity index (χ3v) is 4.00. The van der Waals surface area contributed by atoms with Crippen molar-refractivity contribution in [3.05, 3.63) is 59.8 Å². The fourth-order valence-electron chi connectivity index (χ4n) is 2.48. The van der Waals surface area contributed by atoms with Crippen LogP contribution in [0.3, 0.4) is 0 Å². The van der Waals surface area contributed by atoms with E-state index in [1.165, 1.54) is 7.11 Å². The van der Waals surface area contributed by atoms with E-state index in [0.29, 0.717) is 17.9 Å². The summed E-state index contributed by atoms with van der Waals surface area (Å²) < 4.78 is 4.70. The van der Waals surface area contributed by atoms with E-state index in [0.717, 1.165) is 25.1 Å². The van der Waals surface area contributed by atoms with Gasteiger partial charge in [0.05, 0.1) is 19.2 Å². The molecule has 1 saturated heterocycles. The van der Waals surface area contributed by atoms with E-state index in [4.69, 9.17) is 4.74 Å². The van der Waals surface area contributed by atoms with E-state index < -0.39 is 0 Å². The number of carbonyl (C=O) groups is 2. The van der Waals surface area contributed by atoms with Crippen LogP contribution in [0, 0.1) is 0 Å². The number of likely N-dealkylation sites (tertiary alicyclic amines) is 1. The minimum atomic E-state index is -0.375. The van der Waals surface area contributed by atoms with Crippen molar-refractivity contribution in [1.29, 1.82) is 0 Å². The van der Waals surface area contributed by atoms with Crippen molar-refractivity contribution in [2.75, 3.05) is 25.1 Å². The second kappa shape index (κ2) is 7.12. The SMILES string of the molecule is COC(=O)c1ccc(CN(C(=O)N2CCC2)c2ccccn2)cc1. The average molecular weight is 325 g/mol. The van der Waals surface area contributed by atoms with Gasteiger partial charge in [0.25, 0.3) is 0 Å². The summed E-state index contributed by atoms with van der Waals surface area (Å²) in [6.45, 7) is 1.96. The number of amides is 2. The van der Waals surface area contributed by atoms with Gasteiger partial charge in [0.2, 0.25) is 0 Å². The van der Waals surface area contributed by atoms with Gasteiger partial charge in [-0.15, -0.1) is 0 Å². The maximum absolute atomic E-state index is 12.7. The Bertz CT molecular complexity index is 712. The molecule has 1 aliphatic rings. The van der Waals surface area contributed by atoms with Crippen molar-refractivity contribution in [3.63, 3.8) is 0 Å². The number of methoxy groups -OCH3 is 1. The highest BCUT2D eigenvalue weighted by molar-refractivity contribution is 5.91. The lowest BCUT2D eigenvalue weighted by Gasteiger charge is -2.35. The minimum absolute atomic E-state index is 0.0444. The fourth-order valence-corrected chi connectivity index (χ4v) is 2.48. The third-order valence-electron chi connectivity index (χ3n) is 4.00. The lowest BCUT2D eigenvalue weighted by atomic mass is 10.1. The van der Waals surface area contributed by atoms with Crippen LogP contribution in [0.25, 0.3) is 0 Å². The number of hydrogen-bond acceptors (Lipinski definition) is 4. The predicted molar refractivity (Wildman–Crippen MR) is 89.8 cm³/mol. The highest BCUT2D eigenvalue weighted by Gasteiger charge is 2.27. The van der Waals surface area contributed by atoms with Crippen LogP contribution in [-0.2, 0) is 11.3 Å². The molecular weight excluding hydrogens is 306 g/mol. The monoisotopic (exact) mass is 325 g/mol. The summed E-state index contributed by atoms with van der Waals surface area (Å²) >= 11 is 0. The number of benzene rings is 1. The molecule has 1 aromatic carbocycles. The van der Waals surface area contributed by atoms with E-state index >= 15 is 0 Å². The molecule has 0 bridgehead atoms. The van der Waals surface area contributed by atoms with Crippen LogP contribution < -0.4 is 4.90 Å². The van der Waals surface area contributed by atoms with Crippen LogP contribution in [0.1, 0.15) is 22.3 Å². The Hall–Kier alpha value is -2.89. The molecule has 124 valence electrons. The zero-order valence-corrected chi connectivity index (χ0v) is 13.5. The Morgan fingerprint density at radius 1 is 1.17 bits per heavy atom. The lowest BCUT2D eigenvalue weighted by molar-refractivity contribution is 0.0600. The molecule has 2 amide bonds. The largest absolute Gasteiger partial charge is 0.465 e. The fraction of sp³-hybridized carbons (Fsp3) is 0.278. The number of aromatic nitrogens is 1. The Morgan fingerprint density at radius 3 is 2.46 bits per heavy atom. The molecule has 6 nitrogen and oxygen atoms in total. The Kier molecular flexibility index (Phi) is 4.74. The van der Waals surface area contributed by atoms with E-state index in [9.17, 15) is 9.59 Å². The lowest BCUT2D eigenvalue weighted by Crippen LogP contribution is -2.49. The van der Waals surface area contributed by atoms with Gasteiger partial charge in [-0.05, 0) is 36.2 Å². The number of esters is 1. The smallest absolute Gasteiger partial charge is 0.337 e. The summed E-state index contributed by atoms with van der Waals surface area (Å²) in [7, 11) is 1.35. The maximum atomic E-state index is 12.7. The van der Waals surface area contributed by atoms with Gasteiger partial charge in [0.15, 0.2) is 0 Å². The van der Waals surface area contributed by atoms with E-state index in [-0.39, 0.29) is 12.0 Å². The molecule has 2 heterocycles. The molecule has 2 aromatic rings. The molecule has 1 fully saturated rings. The van der Waals surface area contributed by atoms with E-state index in [1.54, 1.807) is 28.1 Å². The average Bonchev–Trinajstić information content (AvgIpc) is 2.58. The Labute approximate surface area is 140 Å². The highest BCUT2D eigenvalue weighted by atomic mass is 16.5. The molecule has 6 heteroatoms. The Morgan fingerprint density at radius 2 is 1.92 bits per heavy atom. The maximum Gasteiger partial charge on any atom is 0.337 e. The zero-order valence-electron chi connectivity index (χ0n) is 13.5. The summed E-state index contributed by atoms with van der Waals surface area (Å²) in [5.41, 5.74) is 1.40. The molecule has 3 rings (SSSR count). The highest BCUT2D eigenvalue weighted by Crippen LogP contribution is 2.19. The van der Waals surface area contributed by atoms with Crippen LogP contribution in [0.2, 0.25) is 0 Å². The quantitative estimate of drug-likeness (QED) is 0.811. The number of pyridine rings is 1. The van der Waals surface area contributed by atoms with E-state index in [2.05, 4.69) is 4.98 Å². The van der Waals surface area contributed by atoms with Gasteiger partial charge < -0.3 is 9.64 Å². The van der Waals surface area contributed by atoms with Gasteiger partial charge in [-0.2, -0.15) is 0 Å². The van der Waals surface area contributed by atoms with Crippen LogP contribution in [0.4, 0.5) is 10.6 Å². The minimum Gasteiger partial charge on any atom is -0.465 e. The number of carbonyl (C=O) groups excluding carboxylic acids is 2. The van der Waals surface area contributed by atoms with Crippen molar-refractivity contribution >= 4 is 17.8 Å². The topological polar surface area (TPSA) is 62.7 Å². The zero-order chi connectivity index (χ0) is 16.9. The summed E-state index contributed by atoms with van der Waals surface area (Å²) in [5, 5.41) is 0. The molecule has 0 saturated carbocycles. The summed E-state index contributed by atoms with van der Waals surface area (Å²) in [4.78, 5) is 32.0. The van der Waals surface area contributed by atoms with Crippen molar-refractivity contribution in [2.24, 2.45) is 0 Å². The van der Waals surface area contributed by atoms with Gasteiger partial charge in [-0.3, -0.25) is 4.90 Å². The van der Waals surface area contributed by atoms with Gasteiger partial charge in [0.1, 0.15) is 5.82 Å². The number of urea groups is 1. The Balaban J connectivity index is 1.81. The molecule has 24 heavy (non-hydrogen) atoms. The first-order valence-electron chi connectivity index (χ1n) is 7.84. The first-order chi connectivity index (χ1) is 11.7. The number of ether oxygens (including phenoxy) is 1. The molecule has 0 atom stereocenters. The second-order valence-electron chi connectivity index (χ2n) is 5.59. The number of nitrogens with zero attached hydrogens (tertiary/aromatic N) is 3. The van der Waals surface area contributed by atoms with Crippen LogP contribution in [0.15, 0.2) is 48.7 Å². The molecule has 1 aromatic heterocycles. The molecule has 0 unspecified atom stereocenters. The molecule has 0 N–H and O–H groups in total. The number of hydrogen-bond donors (Lipinski definition) is 0. The second-order valence-corrected chi connectivity index (χ2v) is 5.59. The molecule has 0 aliphatic carbocycles.